The number of imidazole rings is 1. The third kappa shape index (κ3) is 3.05. The molecule has 0 aliphatic rings. The minimum absolute atomic E-state index is 0.104. The highest BCUT2D eigenvalue weighted by molar-refractivity contribution is 7.89. The second-order valence-electron chi connectivity index (χ2n) is 4.10. The second kappa shape index (κ2) is 4.97. The van der Waals surface area contributed by atoms with Crippen molar-refractivity contribution in [2.45, 2.75) is 51.7 Å². The Balaban J connectivity index is 3.01. The SMILES string of the molecule is CCCn1cc(S(=O)(=O)NC(C)C)nc1C. The first-order valence-corrected chi connectivity index (χ1v) is 6.91. The molecule has 1 heterocycles. The molecule has 6 heteroatoms. The van der Waals surface area contributed by atoms with Crippen LogP contribution in [0.25, 0.3) is 0 Å². The molecule has 5 nitrogen and oxygen atoms in total. The third-order valence-electron chi connectivity index (χ3n) is 2.08. The van der Waals surface area contributed by atoms with Gasteiger partial charge in [0.15, 0.2) is 5.03 Å². The lowest BCUT2D eigenvalue weighted by molar-refractivity contribution is 0.566. The van der Waals surface area contributed by atoms with Gasteiger partial charge < -0.3 is 4.57 Å². The van der Waals surface area contributed by atoms with Crippen LogP contribution in [0.4, 0.5) is 0 Å². The summed E-state index contributed by atoms with van der Waals surface area (Å²) in [6.07, 6.45) is 2.54. The highest BCUT2D eigenvalue weighted by Gasteiger charge is 2.19. The average molecular weight is 245 g/mol. The van der Waals surface area contributed by atoms with Gasteiger partial charge in [0.1, 0.15) is 5.82 Å². The topological polar surface area (TPSA) is 64.0 Å². The lowest BCUT2D eigenvalue weighted by Crippen LogP contribution is -2.30. The van der Waals surface area contributed by atoms with Gasteiger partial charge in [-0.25, -0.2) is 18.1 Å². The van der Waals surface area contributed by atoms with Crippen molar-refractivity contribution in [2.75, 3.05) is 0 Å². The first-order valence-electron chi connectivity index (χ1n) is 5.43. The lowest BCUT2D eigenvalue weighted by Gasteiger charge is -2.06. The van der Waals surface area contributed by atoms with Crippen LogP contribution < -0.4 is 4.72 Å². The van der Waals surface area contributed by atoms with Crippen LogP contribution in [-0.4, -0.2) is 24.0 Å². The quantitative estimate of drug-likeness (QED) is 0.850. The molecular weight excluding hydrogens is 226 g/mol. The van der Waals surface area contributed by atoms with Crippen molar-refractivity contribution < 1.29 is 8.42 Å². The number of rotatable bonds is 5. The Bertz CT molecular complexity index is 449. The van der Waals surface area contributed by atoms with Crippen LogP contribution in [-0.2, 0) is 16.6 Å². The number of sulfonamides is 1. The normalized spacial score (nSPS) is 12.3. The van der Waals surface area contributed by atoms with Gasteiger partial charge in [-0.3, -0.25) is 0 Å². The molecule has 1 rings (SSSR count). The number of aryl methyl sites for hydroxylation is 2. The van der Waals surface area contributed by atoms with E-state index in [1.165, 1.54) is 0 Å². The largest absolute Gasteiger partial charge is 0.334 e. The van der Waals surface area contributed by atoms with Crippen LogP contribution in [0.5, 0.6) is 0 Å². The Hall–Kier alpha value is -0.880. The molecule has 1 N–H and O–H groups in total. The first-order chi connectivity index (χ1) is 7.36. The summed E-state index contributed by atoms with van der Waals surface area (Å²) in [5, 5.41) is 0.104. The van der Waals surface area contributed by atoms with Crippen LogP contribution in [0, 0.1) is 6.92 Å². The molecule has 0 aliphatic heterocycles. The van der Waals surface area contributed by atoms with Gasteiger partial charge in [0, 0.05) is 18.8 Å². The molecule has 0 fully saturated rings. The summed E-state index contributed by atoms with van der Waals surface area (Å²) < 4.78 is 28.0. The van der Waals surface area contributed by atoms with Crippen LogP contribution >= 0.6 is 0 Å². The molecule has 0 spiro atoms. The van der Waals surface area contributed by atoms with E-state index < -0.39 is 10.0 Å². The monoisotopic (exact) mass is 245 g/mol. The maximum atomic E-state index is 11.8. The van der Waals surface area contributed by atoms with Crippen molar-refractivity contribution >= 4 is 10.0 Å². The Morgan fingerprint density at radius 2 is 2.12 bits per heavy atom. The first kappa shape index (κ1) is 13.2. The fourth-order valence-corrected chi connectivity index (χ4v) is 2.71. The summed E-state index contributed by atoms with van der Waals surface area (Å²) in [6, 6.07) is -0.123. The van der Waals surface area contributed by atoms with Crippen molar-refractivity contribution in [1.29, 1.82) is 0 Å². The summed E-state index contributed by atoms with van der Waals surface area (Å²) >= 11 is 0. The molecule has 1 aromatic heterocycles. The van der Waals surface area contributed by atoms with Crippen molar-refractivity contribution in [1.82, 2.24) is 14.3 Å². The number of hydrogen-bond acceptors (Lipinski definition) is 3. The second-order valence-corrected chi connectivity index (χ2v) is 5.76. The van der Waals surface area contributed by atoms with Crippen LogP contribution in [0.15, 0.2) is 11.2 Å². The minimum atomic E-state index is -3.46. The molecule has 0 radical (unpaired) electrons. The van der Waals surface area contributed by atoms with E-state index in [2.05, 4.69) is 9.71 Å². The Kier molecular flexibility index (Phi) is 4.09. The molecule has 92 valence electrons. The van der Waals surface area contributed by atoms with Crippen molar-refractivity contribution in [3.8, 4) is 0 Å². The number of nitrogens with zero attached hydrogens (tertiary/aromatic N) is 2. The number of nitrogens with one attached hydrogen (secondary N) is 1. The zero-order chi connectivity index (χ0) is 12.3. The lowest BCUT2D eigenvalue weighted by atomic mass is 10.4. The minimum Gasteiger partial charge on any atom is -0.334 e. The molecular formula is C10H19N3O2S. The van der Waals surface area contributed by atoms with Crippen molar-refractivity contribution in [2.24, 2.45) is 0 Å². The van der Waals surface area contributed by atoms with Gasteiger partial charge in [0.05, 0.1) is 0 Å². The zero-order valence-corrected chi connectivity index (χ0v) is 11.0. The van der Waals surface area contributed by atoms with E-state index in [0.29, 0.717) is 0 Å². The van der Waals surface area contributed by atoms with Gasteiger partial charge in [-0.15, -0.1) is 0 Å². The smallest absolute Gasteiger partial charge is 0.259 e. The highest BCUT2D eigenvalue weighted by Crippen LogP contribution is 2.10. The predicted octanol–water partition coefficient (Wildman–Crippen LogP) is 1.29. The van der Waals surface area contributed by atoms with Gasteiger partial charge in [0.25, 0.3) is 10.0 Å². The highest BCUT2D eigenvalue weighted by atomic mass is 32.2. The summed E-state index contributed by atoms with van der Waals surface area (Å²) in [5.41, 5.74) is 0. The van der Waals surface area contributed by atoms with Gasteiger partial charge >= 0.3 is 0 Å². The molecule has 0 bridgehead atoms. The Morgan fingerprint density at radius 3 is 2.62 bits per heavy atom. The summed E-state index contributed by atoms with van der Waals surface area (Å²) in [7, 11) is -3.46. The van der Waals surface area contributed by atoms with E-state index in [9.17, 15) is 8.42 Å². The summed E-state index contributed by atoms with van der Waals surface area (Å²) in [6.45, 7) is 8.21. The Labute approximate surface area is 96.9 Å². The average Bonchev–Trinajstić information content (AvgIpc) is 2.47. The molecule has 1 aromatic rings. The van der Waals surface area contributed by atoms with E-state index in [1.807, 2.05) is 18.4 Å². The predicted molar refractivity (Wildman–Crippen MR) is 62.7 cm³/mol. The van der Waals surface area contributed by atoms with Gasteiger partial charge in [0.2, 0.25) is 0 Å². The van der Waals surface area contributed by atoms with Crippen molar-refractivity contribution in [3.05, 3.63) is 12.0 Å². The standard InChI is InChI=1S/C10H19N3O2S/c1-5-6-13-7-10(11-9(13)4)16(14,15)12-8(2)3/h7-8,12H,5-6H2,1-4H3. The maximum Gasteiger partial charge on any atom is 0.259 e. The number of aromatic nitrogens is 2. The summed E-state index contributed by atoms with van der Waals surface area (Å²) in [4.78, 5) is 4.07. The molecule has 0 unspecified atom stereocenters. The Morgan fingerprint density at radius 1 is 1.50 bits per heavy atom. The molecule has 0 aliphatic carbocycles. The fourth-order valence-electron chi connectivity index (χ4n) is 1.45. The molecule has 0 atom stereocenters. The zero-order valence-electron chi connectivity index (χ0n) is 10.2. The van der Waals surface area contributed by atoms with E-state index in [1.54, 1.807) is 20.0 Å². The van der Waals surface area contributed by atoms with Crippen LogP contribution in [0.3, 0.4) is 0 Å². The molecule has 0 saturated carbocycles. The summed E-state index contributed by atoms with van der Waals surface area (Å²) in [5.74, 6) is 0.728. The van der Waals surface area contributed by atoms with E-state index in [4.69, 9.17) is 0 Å². The van der Waals surface area contributed by atoms with Crippen LogP contribution in [0.1, 0.15) is 33.0 Å². The van der Waals surface area contributed by atoms with E-state index in [-0.39, 0.29) is 11.1 Å². The molecule has 0 amide bonds. The van der Waals surface area contributed by atoms with Gasteiger partial charge in [-0.1, -0.05) is 6.92 Å². The molecule has 16 heavy (non-hydrogen) atoms. The fraction of sp³-hybridized carbons (Fsp3) is 0.700. The maximum absolute atomic E-state index is 11.8. The number of hydrogen-bond donors (Lipinski definition) is 1. The van der Waals surface area contributed by atoms with E-state index in [0.717, 1.165) is 18.8 Å². The molecule has 0 aromatic carbocycles. The van der Waals surface area contributed by atoms with Crippen LogP contribution in [0.2, 0.25) is 0 Å². The van der Waals surface area contributed by atoms with Crippen molar-refractivity contribution in [3.63, 3.8) is 0 Å². The van der Waals surface area contributed by atoms with Gasteiger partial charge in [-0.2, -0.15) is 0 Å². The van der Waals surface area contributed by atoms with Gasteiger partial charge in [-0.05, 0) is 27.2 Å². The molecule has 0 saturated heterocycles. The van der Waals surface area contributed by atoms with E-state index >= 15 is 0 Å². The third-order valence-corrected chi connectivity index (χ3v) is 3.61.